The maximum Gasteiger partial charge on any atom is 0.270 e. The fourth-order valence-electron chi connectivity index (χ4n) is 1.46. The standard InChI is InChI=1S/C11H7BrClN3O4S/c12-11-4-1-7(6-14-11)15-21(19,20)10-5-8(16(17)18)2-3-9(10)13/h1-6,15H. The van der Waals surface area contributed by atoms with Crippen molar-refractivity contribution in [3.63, 3.8) is 0 Å². The topological polar surface area (TPSA) is 102 Å². The number of nitrogens with one attached hydrogen (secondary N) is 1. The molecule has 0 aliphatic heterocycles. The van der Waals surface area contributed by atoms with Crippen LogP contribution in [0.5, 0.6) is 0 Å². The van der Waals surface area contributed by atoms with E-state index in [2.05, 4.69) is 25.6 Å². The molecule has 0 radical (unpaired) electrons. The summed E-state index contributed by atoms with van der Waals surface area (Å²) in [7, 11) is -4.05. The van der Waals surface area contributed by atoms with Crippen LogP contribution in [-0.2, 0) is 10.0 Å². The second-order valence-corrected chi connectivity index (χ2v) is 6.72. The zero-order valence-corrected chi connectivity index (χ0v) is 13.3. The van der Waals surface area contributed by atoms with Crippen molar-refractivity contribution in [2.75, 3.05) is 4.72 Å². The van der Waals surface area contributed by atoms with Gasteiger partial charge in [0.1, 0.15) is 9.50 Å². The molecule has 1 aromatic heterocycles. The molecular weight excluding hydrogens is 386 g/mol. The molecule has 0 saturated carbocycles. The lowest BCUT2D eigenvalue weighted by Crippen LogP contribution is -2.14. The van der Waals surface area contributed by atoms with Gasteiger partial charge in [0.05, 0.1) is 21.8 Å². The minimum atomic E-state index is -4.05. The Hall–Kier alpha value is -1.71. The van der Waals surface area contributed by atoms with E-state index in [1.165, 1.54) is 12.3 Å². The van der Waals surface area contributed by atoms with E-state index in [0.717, 1.165) is 18.2 Å². The number of nitro benzene ring substituents is 1. The van der Waals surface area contributed by atoms with Crippen molar-refractivity contribution < 1.29 is 13.3 Å². The molecule has 0 bridgehead atoms. The van der Waals surface area contributed by atoms with Gasteiger partial charge >= 0.3 is 0 Å². The maximum absolute atomic E-state index is 12.2. The first-order valence-electron chi connectivity index (χ1n) is 5.38. The lowest BCUT2D eigenvalue weighted by Gasteiger charge is -2.09. The van der Waals surface area contributed by atoms with Crippen molar-refractivity contribution in [2.45, 2.75) is 4.90 Å². The maximum atomic E-state index is 12.2. The van der Waals surface area contributed by atoms with Gasteiger partial charge in [-0.25, -0.2) is 13.4 Å². The van der Waals surface area contributed by atoms with E-state index in [1.54, 1.807) is 6.07 Å². The number of hydrogen-bond donors (Lipinski definition) is 1. The predicted octanol–water partition coefficient (Wildman–Crippen LogP) is 3.21. The van der Waals surface area contributed by atoms with Crippen molar-refractivity contribution in [3.8, 4) is 0 Å². The quantitative estimate of drug-likeness (QED) is 0.489. The Morgan fingerprint density at radius 1 is 1.29 bits per heavy atom. The van der Waals surface area contributed by atoms with Crippen molar-refractivity contribution in [2.24, 2.45) is 0 Å². The molecule has 1 N–H and O–H groups in total. The molecule has 0 fully saturated rings. The van der Waals surface area contributed by atoms with Crippen LogP contribution in [0.3, 0.4) is 0 Å². The van der Waals surface area contributed by atoms with Crippen LogP contribution in [0, 0.1) is 10.1 Å². The van der Waals surface area contributed by atoms with Crippen molar-refractivity contribution in [1.82, 2.24) is 4.98 Å². The number of aromatic nitrogens is 1. The third kappa shape index (κ3) is 3.69. The SMILES string of the molecule is O=[N+]([O-])c1ccc(Cl)c(S(=O)(=O)Nc2ccc(Br)nc2)c1. The molecule has 0 saturated heterocycles. The van der Waals surface area contributed by atoms with Crippen LogP contribution in [0.2, 0.25) is 5.02 Å². The summed E-state index contributed by atoms with van der Waals surface area (Å²) in [5, 5.41) is 10.6. The molecular formula is C11H7BrClN3O4S. The Balaban J connectivity index is 2.41. The number of anilines is 1. The molecule has 0 unspecified atom stereocenters. The lowest BCUT2D eigenvalue weighted by atomic mass is 10.3. The molecule has 2 aromatic rings. The molecule has 1 heterocycles. The number of benzene rings is 1. The zero-order valence-electron chi connectivity index (χ0n) is 10.2. The summed E-state index contributed by atoms with van der Waals surface area (Å²) >= 11 is 8.93. The van der Waals surface area contributed by atoms with Gasteiger partial charge in [0.25, 0.3) is 15.7 Å². The Bertz CT molecular complexity index is 796. The molecule has 0 atom stereocenters. The monoisotopic (exact) mass is 391 g/mol. The highest BCUT2D eigenvalue weighted by atomic mass is 79.9. The minimum absolute atomic E-state index is 0.113. The smallest absolute Gasteiger partial charge is 0.270 e. The Kier molecular flexibility index (Phi) is 4.45. The van der Waals surface area contributed by atoms with Crippen LogP contribution in [-0.4, -0.2) is 18.3 Å². The summed E-state index contributed by atoms with van der Waals surface area (Å²) in [6, 6.07) is 6.22. The molecule has 0 aliphatic carbocycles. The second kappa shape index (κ2) is 5.96. The number of sulfonamides is 1. The highest BCUT2D eigenvalue weighted by Gasteiger charge is 2.21. The van der Waals surface area contributed by atoms with Crippen LogP contribution >= 0.6 is 27.5 Å². The first-order chi connectivity index (χ1) is 9.79. The molecule has 21 heavy (non-hydrogen) atoms. The van der Waals surface area contributed by atoms with Crippen molar-refractivity contribution in [3.05, 3.63) is 56.3 Å². The molecule has 0 spiro atoms. The third-order valence-electron chi connectivity index (χ3n) is 2.39. The van der Waals surface area contributed by atoms with Gasteiger partial charge in [0, 0.05) is 12.1 Å². The van der Waals surface area contributed by atoms with E-state index in [1.807, 2.05) is 0 Å². The number of nitrogens with zero attached hydrogens (tertiary/aromatic N) is 2. The van der Waals surface area contributed by atoms with E-state index in [4.69, 9.17) is 11.6 Å². The fraction of sp³-hybridized carbons (Fsp3) is 0. The molecule has 0 aliphatic rings. The van der Waals surface area contributed by atoms with Crippen LogP contribution in [0.1, 0.15) is 0 Å². The number of hydrogen-bond acceptors (Lipinski definition) is 5. The number of non-ortho nitro benzene ring substituents is 1. The van der Waals surface area contributed by atoms with Gasteiger partial charge < -0.3 is 0 Å². The second-order valence-electron chi connectivity index (χ2n) is 3.85. The van der Waals surface area contributed by atoms with Gasteiger partial charge in [0.2, 0.25) is 0 Å². The van der Waals surface area contributed by atoms with Gasteiger partial charge in [-0.1, -0.05) is 11.6 Å². The minimum Gasteiger partial charge on any atom is -0.278 e. The average molecular weight is 393 g/mol. The molecule has 7 nitrogen and oxygen atoms in total. The van der Waals surface area contributed by atoms with Crippen molar-refractivity contribution >= 4 is 48.9 Å². The van der Waals surface area contributed by atoms with E-state index >= 15 is 0 Å². The molecule has 0 amide bonds. The van der Waals surface area contributed by atoms with Crippen LogP contribution in [0.25, 0.3) is 0 Å². The van der Waals surface area contributed by atoms with Gasteiger partial charge in [-0.2, -0.15) is 0 Å². The van der Waals surface area contributed by atoms with Gasteiger partial charge in [0.15, 0.2) is 0 Å². The van der Waals surface area contributed by atoms with Crippen LogP contribution in [0.4, 0.5) is 11.4 Å². The first-order valence-corrected chi connectivity index (χ1v) is 8.03. The number of nitro groups is 1. The summed E-state index contributed by atoms with van der Waals surface area (Å²) in [4.78, 5) is 13.5. The first kappa shape index (κ1) is 15.7. The van der Waals surface area contributed by atoms with Crippen LogP contribution < -0.4 is 4.72 Å². The Labute approximate surface area is 133 Å². The van der Waals surface area contributed by atoms with Gasteiger partial charge in [-0.3, -0.25) is 14.8 Å². The van der Waals surface area contributed by atoms with Gasteiger partial charge in [-0.15, -0.1) is 0 Å². The number of halogens is 2. The van der Waals surface area contributed by atoms with Crippen LogP contribution in [0.15, 0.2) is 46.0 Å². The number of pyridine rings is 1. The molecule has 1 aromatic carbocycles. The largest absolute Gasteiger partial charge is 0.278 e. The molecule has 2 rings (SSSR count). The summed E-state index contributed by atoms with van der Waals surface area (Å²) in [6.07, 6.45) is 1.30. The Morgan fingerprint density at radius 2 is 2.00 bits per heavy atom. The third-order valence-corrected chi connectivity index (χ3v) is 4.73. The molecule has 10 heteroatoms. The highest BCUT2D eigenvalue weighted by molar-refractivity contribution is 9.10. The lowest BCUT2D eigenvalue weighted by molar-refractivity contribution is -0.385. The summed E-state index contributed by atoms with van der Waals surface area (Å²) in [5.41, 5.74) is -0.158. The summed E-state index contributed by atoms with van der Waals surface area (Å²) in [5.74, 6) is 0. The zero-order chi connectivity index (χ0) is 15.6. The summed E-state index contributed by atoms with van der Waals surface area (Å²) < 4.78 is 27.2. The fourth-order valence-corrected chi connectivity index (χ4v) is 3.26. The average Bonchev–Trinajstić information content (AvgIpc) is 2.41. The molecule has 110 valence electrons. The number of rotatable bonds is 4. The van der Waals surface area contributed by atoms with E-state index in [-0.39, 0.29) is 21.3 Å². The summed E-state index contributed by atoms with van der Waals surface area (Å²) in [6.45, 7) is 0. The van der Waals surface area contributed by atoms with E-state index in [0.29, 0.717) is 4.60 Å². The van der Waals surface area contributed by atoms with E-state index in [9.17, 15) is 18.5 Å². The van der Waals surface area contributed by atoms with E-state index < -0.39 is 14.9 Å². The van der Waals surface area contributed by atoms with Gasteiger partial charge in [-0.05, 0) is 34.1 Å². The van der Waals surface area contributed by atoms with Crippen molar-refractivity contribution in [1.29, 1.82) is 0 Å². The highest BCUT2D eigenvalue weighted by Crippen LogP contribution is 2.27. The Morgan fingerprint density at radius 3 is 2.57 bits per heavy atom. The predicted molar refractivity (Wildman–Crippen MR) is 80.9 cm³/mol. The normalized spacial score (nSPS) is 11.1.